The van der Waals surface area contributed by atoms with E-state index in [4.69, 9.17) is 4.74 Å². The summed E-state index contributed by atoms with van der Waals surface area (Å²) >= 11 is 3.71. The van der Waals surface area contributed by atoms with Gasteiger partial charge >= 0.3 is 0 Å². The Bertz CT molecular complexity index is 2340. The smallest absolute Gasteiger partial charge is 0.151 e. The van der Waals surface area contributed by atoms with Crippen LogP contribution in [0.25, 0.3) is 22.3 Å². The monoisotopic (exact) mass is 683 g/mol. The lowest BCUT2D eigenvalue weighted by atomic mass is 10.00. The van der Waals surface area contributed by atoms with E-state index in [1.54, 1.807) is 0 Å². The van der Waals surface area contributed by atoms with Crippen LogP contribution < -0.4 is 20.0 Å². The van der Waals surface area contributed by atoms with Crippen molar-refractivity contribution in [1.29, 1.82) is 0 Å². The Morgan fingerprint density at radius 3 is 1.71 bits per heavy atom. The summed E-state index contributed by atoms with van der Waals surface area (Å²) in [5.41, 5.74) is 8.14. The van der Waals surface area contributed by atoms with Gasteiger partial charge in [0.1, 0.15) is 13.8 Å². The van der Waals surface area contributed by atoms with E-state index < -0.39 is 8.07 Å². The summed E-state index contributed by atoms with van der Waals surface area (Å²) in [5.74, 6) is 1.94. The van der Waals surface area contributed by atoms with E-state index >= 15 is 0 Å². The quantitative estimate of drug-likeness (QED) is 0.167. The highest BCUT2D eigenvalue weighted by molar-refractivity contribution is 8.05. The minimum atomic E-state index is -2.03. The molecule has 9 rings (SSSR count). The molecule has 0 aliphatic carbocycles. The zero-order valence-electron chi connectivity index (χ0n) is 27.3. The number of nitrogens with zero attached hydrogens (tertiary/aromatic N) is 1. The van der Waals surface area contributed by atoms with E-state index in [2.05, 4.69) is 182 Å². The third-order valence-electron chi connectivity index (χ3n) is 9.61. The SMILES string of the molecule is C[Si]1(C)c2ccccc2Oc2c(N(c3ccc(-c4ccc(-c5ccccc5)cc4)cc3)c3cccc4c3Sc3ccccc3S4)cccc21. The highest BCUT2D eigenvalue weighted by Crippen LogP contribution is 2.54. The Labute approximate surface area is 297 Å². The maximum Gasteiger partial charge on any atom is 0.151 e. The number of rotatable bonds is 5. The molecular formula is C44H33NOS2Si. The molecule has 7 aromatic rings. The Morgan fingerprint density at radius 2 is 0.980 bits per heavy atom. The fraction of sp³-hybridized carbons (Fsp3) is 0.0455. The summed E-state index contributed by atoms with van der Waals surface area (Å²) in [6, 6.07) is 59.1. The van der Waals surface area contributed by atoms with Gasteiger partial charge in [0.25, 0.3) is 0 Å². The summed E-state index contributed by atoms with van der Waals surface area (Å²) in [6.07, 6.45) is 0. The van der Waals surface area contributed by atoms with Crippen molar-refractivity contribution in [2.24, 2.45) is 0 Å². The normalized spacial score (nSPS) is 13.7. The molecule has 0 spiro atoms. The lowest BCUT2D eigenvalue weighted by Gasteiger charge is -2.37. The zero-order valence-corrected chi connectivity index (χ0v) is 29.9. The van der Waals surface area contributed by atoms with Crippen molar-refractivity contribution >= 4 is 59.0 Å². The second kappa shape index (κ2) is 12.2. The molecule has 0 atom stereocenters. The van der Waals surface area contributed by atoms with Gasteiger partial charge in [-0.1, -0.05) is 152 Å². The minimum absolute atomic E-state index is 0.963. The number of hydrogen-bond acceptors (Lipinski definition) is 4. The predicted octanol–water partition coefficient (Wildman–Crippen LogP) is 12.0. The van der Waals surface area contributed by atoms with E-state index in [0.717, 1.165) is 28.6 Å². The average Bonchev–Trinajstić information content (AvgIpc) is 3.15. The molecule has 49 heavy (non-hydrogen) atoms. The van der Waals surface area contributed by atoms with Gasteiger partial charge < -0.3 is 9.64 Å². The minimum Gasteiger partial charge on any atom is -0.455 e. The highest BCUT2D eigenvalue weighted by atomic mass is 32.2. The van der Waals surface area contributed by atoms with Crippen molar-refractivity contribution in [3.8, 4) is 33.8 Å². The summed E-state index contributed by atoms with van der Waals surface area (Å²) in [5, 5.41) is 2.66. The highest BCUT2D eigenvalue weighted by Gasteiger charge is 2.38. The summed E-state index contributed by atoms with van der Waals surface area (Å²) < 4.78 is 6.89. The fourth-order valence-electron chi connectivity index (χ4n) is 7.03. The lowest BCUT2D eigenvalue weighted by molar-refractivity contribution is 0.487. The number of anilines is 3. The number of fused-ring (bicyclic) bond motifs is 4. The molecule has 0 bridgehead atoms. The molecule has 2 nitrogen and oxygen atoms in total. The summed E-state index contributed by atoms with van der Waals surface area (Å²) in [6.45, 7) is 4.87. The largest absolute Gasteiger partial charge is 0.455 e. The molecule has 0 unspecified atom stereocenters. The summed E-state index contributed by atoms with van der Waals surface area (Å²) in [4.78, 5) is 7.54. The van der Waals surface area contributed by atoms with Crippen LogP contribution in [-0.4, -0.2) is 8.07 Å². The maximum atomic E-state index is 6.89. The first-order valence-electron chi connectivity index (χ1n) is 16.6. The fourth-order valence-corrected chi connectivity index (χ4v) is 12.2. The lowest BCUT2D eigenvalue weighted by Crippen LogP contribution is -2.56. The van der Waals surface area contributed by atoms with Gasteiger partial charge in [-0.15, -0.1) is 0 Å². The number of para-hydroxylation sites is 2. The van der Waals surface area contributed by atoms with Gasteiger partial charge in [0.15, 0.2) is 5.75 Å². The zero-order chi connectivity index (χ0) is 33.0. The first kappa shape index (κ1) is 30.1. The molecular weight excluding hydrogens is 651 g/mol. The van der Waals surface area contributed by atoms with Crippen LogP contribution in [0.15, 0.2) is 183 Å². The van der Waals surface area contributed by atoms with Gasteiger partial charge in [-0.05, 0) is 81.2 Å². The van der Waals surface area contributed by atoms with E-state index in [9.17, 15) is 0 Å². The first-order valence-corrected chi connectivity index (χ1v) is 21.2. The van der Waals surface area contributed by atoms with Crippen LogP contribution >= 0.6 is 23.5 Å². The average molecular weight is 684 g/mol. The molecule has 0 saturated carbocycles. The molecule has 7 aromatic carbocycles. The van der Waals surface area contributed by atoms with E-state index in [-0.39, 0.29) is 0 Å². The van der Waals surface area contributed by atoms with Crippen LogP contribution in [0, 0.1) is 0 Å². The Hall–Kier alpha value is -4.94. The first-order chi connectivity index (χ1) is 24.0. The molecule has 0 fully saturated rings. The van der Waals surface area contributed by atoms with Crippen molar-refractivity contribution < 1.29 is 4.74 Å². The third kappa shape index (κ3) is 5.30. The molecule has 2 heterocycles. The molecule has 5 heteroatoms. The van der Waals surface area contributed by atoms with Crippen LogP contribution in [0.2, 0.25) is 13.1 Å². The Morgan fingerprint density at radius 1 is 0.449 bits per heavy atom. The molecule has 0 saturated heterocycles. The van der Waals surface area contributed by atoms with Crippen molar-refractivity contribution in [2.45, 2.75) is 32.7 Å². The third-order valence-corrected chi connectivity index (χ3v) is 15.7. The van der Waals surface area contributed by atoms with Crippen LogP contribution in [0.3, 0.4) is 0 Å². The molecule has 0 N–H and O–H groups in total. The molecule has 2 aliphatic rings. The standard InChI is InChI=1S/C44H33NOS2Si/c1-49(2)41-20-9-6-16-37(41)46-43-35(14-11-21-42(43)49)45(36-15-10-19-40-44(36)48-39-18-8-7-17-38(39)47-40)34-28-26-33(27-29-34)32-24-22-31(23-25-32)30-12-4-3-5-13-30/h3-29H,1-2H3. The van der Waals surface area contributed by atoms with Crippen LogP contribution in [-0.2, 0) is 0 Å². The van der Waals surface area contributed by atoms with E-state index in [1.165, 1.54) is 52.2 Å². The predicted molar refractivity (Wildman–Crippen MR) is 210 cm³/mol. The van der Waals surface area contributed by atoms with E-state index in [1.807, 2.05) is 23.5 Å². The molecule has 0 aromatic heterocycles. The van der Waals surface area contributed by atoms with Crippen LogP contribution in [0.1, 0.15) is 0 Å². The van der Waals surface area contributed by atoms with Gasteiger partial charge in [0, 0.05) is 20.4 Å². The van der Waals surface area contributed by atoms with Crippen LogP contribution in [0.4, 0.5) is 17.1 Å². The van der Waals surface area contributed by atoms with Gasteiger partial charge in [-0.2, -0.15) is 0 Å². The molecule has 236 valence electrons. The second-order valence-corrected chi connectivity index (χ2v) is 19.4. The molecule has 2 aliphatic heterocycles. The van der Waals surface area contributed by atoms with E-state index in [0.29, 0.717) is 0 Å². The van der Waals surface area contributed by atoms with Crippen molar-refractivity contribution in [2.75, 3.05) is 4.90 Å². The Balaban J connectivity index is 1.17. The summed E-state index contributed by atoms with van der Waals surface area (Å²) in [7, 11) is -2.03. The van der Waals surface area contributed by atoms with Crippen molar-refractivity contribution in [3.05, 3.63) is 164 Å². The number of ether oxygens (including phenoxy) is 1. The number of hydrogen-bond donors (Lipinski definition) is 0. The molecule has 0 amide bonds. The molecule has 0 radical (unpaired) electrons. The maximum absolute atomic E-state index is 6.89. The van der Waals surface area contributed by atoms with Gasteiger partial charge in [0.05, 0.1) is 16.3 Å². The van der Waals surface area contributed by atoms with Crippen molar-refractivity contribution in [3.63, 3.8) is 0 Å². The van der Waals surface area contributed by atoms with Gasteiger partial charge in [0.2, 0.25) is 0 Å². The second-order valence-electron chi connectivity index (χ2n) is 13.0. The topological polar surface area (TPSA) is 12.5 Å². The van der Waals surface area contributed by atoms with Crippen molar-refractivity contribution in [1.82, 2.24) is 0 Å². The Kier molecular flexibility index (Phi) is 7.50. The van der Waals surface area contributed by atoms with Crippen LogP contribution in [0.5, 0.6) is 11.5 Å². The number of benzene rings is 7. The van der Waals surface area contributed by atoms with Gasteiger partial charge in [-0.25, -0.2) is 0 Å². The van der Waals surface area contributed by atoms with Gasteiger partial charge in [-0.3, -0.25) is 0 Å².